The Morgan fingerprint density at radius 1 is 1.15 bits per heavy atom. The van der Waals surface area contributed by atoms with E-state index < -0.39 is 0 Å². The summed E-state index contributed by atoms with van der Waals surface area (Å²) in [5.74, 6) is -0.173. The first kappa shape index (κ1) is 15.0. The normalized spacial score (nSPS) is 17.7. The Labute approximate surface area is 121 Å². The monoisotopic (exact) mass is 276 g/mol. The summed E-state index contributed by atoms with van der Waals surface area (Å²) in [6, 6.07) is 8.17. The molecule has 20 heavy (non-hydrogen) atoms. The number of esters is 1. The molecule has 0 N–H and O–H groups in total. The van der Waals surface area contributed by atoms with E-state index in [9.17, 15) is 4.79 Å². The van der Waals surface area contributed by atoms with Crippen molar-refractivity contribution < 1.29 is 9.53 Å². The van der Waals surface area contributed by atoms with Crippen LogP contribution in [0.4, 0.5) is 0 Å². The van der Waals surface area contributed by atoms with Crippen molar-refractivity contribution in [3.63, 3.8) is 0 Å². The Morgan fingerprint density at radius 2 is 1.90 bits per heavy atom. The van der Waals surface area contributed by atoms with Gasteiger partial charge in [0.25, 0.3) is 0 Å². The molecule has 1 aliphatic rings. The Kier molecular flexibility index (Phi) is 5.56. The van der Waals surface area contributed by atoms with Gasteiger partial charge in [-0.15, -0.1) is 0 Å². The topological polar surface area (TPSA) is 32.8 Å². The second-order valence-electron chi connectivity index (χ2n) is 5.45. The van der Waals surface area contributed by atoms with Gasteiger partial charge >= 0.3 is 5.97 Å². The van der Waals surface area contributed by atoms with Crippen molar-refractivity contribution >= 4 is 5.97 Å². The minimum atomic E-state index is -0.173. The van der Waals surface area contributed by atoms with E-state index in [1.54, 1.807) is 0 Å². The summed E-state index contributed by atoms with van der Waals surface area (Å²) in [6.07, 6.45) is 1.57. The lowest BCUT2D eigenvalue weighted by atomic mass is 10.0. The standard InChI is InChI=1S/C16H24N2O2/c1-17-8-5-9-18(11-10-17)13-15-7-4-3-6-14(15)12-16(19)20-2/h3-4,6-7H,5,8-13H2,1-2H3. The molecule has 0 radical (unpaired) electrons. The zero-order valence-electron chi connectivity index (χ0n) is 12.5. The molecule has 1 aromatic rings. The van der Waals surface area contributed by atoms with Crippen LogP contribution in [0.3, 0.4) is 0 Å². The van der Waals surface area contributed by atoms with Crippen LogP contribution < -0.4 is 0 Å². The summed E-state index contributed by atoms with van der Waals surface area (Å²) < 4.78 is 4.77. The van der Waals surface area contributed by atoms with E-state index in [4.69, 9.17) is 4.74 Å². The van der Waals surface area contributed by atoms with Gasteiger partial charge in [0, 0.05) is 19.6 Å². The number of likely N-dealkylation sites (N-methyl/N-ethyl adjacent to an activating group) is 1. The maximum atomic E-state index is 11.5. The van der Waals surface area contributed by atoms with Crippen molar-refractivity contribution in [2.75, 3.05) is 40.3 Å². The van der Waals surface area contributed by atoms with Crippen LogP contribution in [0.2, 0.25) is 0 Å². The molecule has 2 rings (SSSR count). The molecule has 0 aliphatic carbocycles. The van der Waals surface area contributed by atoms with Crippen LogP contribution in [0.15, 0.2) is 24.3 Å². The fourth-order valence-electron chi connectivity index (χ4n) is 2.61. The molecule has 0 unspecified atom stereocenters. The number of carbonyl (C=O) groups is 1. The van der Waals surface area contributed by atoms with Crippen molar-refractivity contribution in [2.24, 2.45) is 0 Å². The molecule has 1 aromatic carbocycles. The molecule has 110 valence electrons. The first-order chi connectivity index (χ1) is 9.69. The third-order valence-electron chi connectivity index (χ3n) is 3.89. The van der Waals surface area contributed by atoms with Gasteiger partial charge < -0.3 is 9.64 Å². The van der Waals surface area contributed by atoms with Crippen LogP contribution in [0, 0.1) is 0 Å². The predicted octanol–water partition coefficient (Wildman–Crippen LogP) is 1.54. The first-order valence-corrected chi connectivity index (χ1v) is 7.23. The summed E-state index contributed by atoms with van der Waals surface area (Å²) in [5.41, 5.74) is 2.32. The highest BCUT2D eigenvalue weighted by molar-refractivity contribution is 5.72. The summed E-state index contributed by atoms with van der Waals surface area (Å²) in [6.45, 7) is 5.40. The molecule has 4 heteroatoms. The van der Waals surface area contributed by atoms with Gasteiger partial charge in [0.05, 0.1) is 13.5 Å². The first-order valence-electron chi connectivity index (χ1n) is 7.23. The zero-order valence-corrected chi connectivity index (χ0v) is 12.5. The maximum Gasteiger partial charge on any atom is 0.309 e. The molecule has 0 amide bonds. The SMILES string of the molecule is COC(=O)Cc1ccccc1CN1CCCN(C)CC1. The van der Waals surface area contributed by atoms with E-state index in [2.05, 4.69) is 22.9 Å². The Balaban J connectivity index is 2.02. The molecule has 0 spiro atoms. The van der Waals surface area contributed by atoms with E-state index in [0.717, 1.165) is 31.7 Å². The highest BCUT2D eigenvalue weighted by Gasteiger charge is 2.14. The summed E-state index contributed by atoms with van der Waals surface area (Å²) in [5, 5.41) is 0. The van der Waals surface area contributed by atoms with Crippen molar-refractivity contribution in [3.05, 3.63) is 35.4 Å². The smallest absolute Gasteiger partial charge is 0.309 e. The van der Waals surface area contributed by atoms with Crippen LogP contribution in [0.1, 0.15) is 17.5 Å². The fraction of sp³-hybridized carbons (Fsp3) is 0.562. The zero-order chi connectivity index (χ0) is 14.4. The number of nitrogens with zero attached hydrogens (tertiary/aromatic N) is 2. The van der Waals surface area contributed by atoms with Crippen molar-refractivity contribution in [3.8, 4) is 0 Å². The Bertz CT molecular complexity index is 448. The van der Waals surface area contributed by atoms with Crippen LogP contribution in [0.25, 0.3) is 0 Å². The minimum absolute atomic E-state index is 0.173. The second-order valence-corrected chi connectivity index (χ2v) is 5.45. The molecule has 0 bridgehead atoms. The second kappa shape index (κ2) is 7.41. The lowest BCUT2D eigenvalue weighted by Crippen LogP contribution is -2.29. The van der Waals surface area contributed by atoms with Gasteiger partial charge in [0.15, 0.2) is 0 Å². The average Bonchev–Trinajstić information content (AvgIpc) is 2.66. The molecule has 1 fully saturated rings. The quantitative estimate of drug-likeness (QED) is 0.781. The van der Waals surface area contributed by atoms with E-state index in [1.807, 2.05) is 18.2 Å². The van der Waals surface area contributed by atoms with E-state index in [0.29, 0.717) is 6.42 Å². The number of hydrogen-bond donors (Lipinski definition) is 0. The van der Waals surface area contributed by atoms with Crippen molar-refractivity contribution in [2.45, 2.75) is 19.4 Å². The number of benzene rings is 1. The van der Waals surface area contributed by atoms with Gasteiger partial charge in [0.2, 0.25) is 0 Å². The van der Waals surface area contributed by atoms with Gasteiger partial charge in [-0.05, 0) is 37.7 Å². The van der Waals surface area contributed by atoms with Crippen LogP contribution in [-0.2, 0) is 22.5 Å². The van der Waals surface area contributed by atoms with Gasteiger partial charge in [-0.3, -0.25) is 9.69 Å². The summed E-state index contributed by atoms with van der Waals surface area (Å²) in [4.78, 5) is 16.3. The maximum absolute atomic E-state index is 11.5. The minimum Gasteiger partial charge on any atom is -0.469 e. The Hall–Kier alpha value is -1.39. The van der Waals surface area contributed by atoms with Gasteiger partial charge in [-0.2, -0.15) is 0 Å². The van der Waals surface area contributed by atoms with E-state index >= 15 is 0 Å². The summed E-state index contributed by atoms with van der Waals surface area (Å²) in [7, 11) is 3.62. The van der Waals surface area contributed by atoms with Crippen LogP contribution in [-0.4, -0.2) is 56.1 Å². The third-order valence-corrected chi connectivity index (χ3v) is 3.89. The lowest BCUT2D eigenvalue weighted by molar-refractivity contribution is -0.139. The molecule has 0 saturated carbocycles. The number of hydrogen-bond acceptors (Lipinski definition) is 4. The largest absolute Gasteiger partial charge is 0.469 e. The van der Waals surface area contributed by atoms with Crippen molar-refractivity contribution in [1.29, 1.82) is 0 Å². The van der Waals surface area contributed by atoms with Crippen LogP contribution in [0.5, 0.6) is 0 Å². The number of rotatable bonds is 4. The predicted molar refractivity (Wildman–Crippen MR) is 79.6 cm³/mol. The van der Waals surface area contributed by atoms with E-state index in [1.165, 1.54) is 25.6 Å². The van der Waals surface area contributed by atoms with Crippen LogP contribution >= 0.6 is 0 Å². The van der Waals surface area contributed by atoms with Gasteiger partial charge in [-0.1, -0.05) is 24.3 Å². The molecule has 0 aromatic heterocycles. The lowest BCUT2D eigenvalue weighted by Gasteiger charge is -2.21. The molecular formula is C16H24N2O2. The number of methoxy groups -OCH3 is 1. The van der Waals surface area contributed by atoms with Gasteiger partial charge in [0.1, 0.15) is 0 Å². The average molecular weight is 276 g/mol. The number of ether oxygens (including phenoxy) is 1. The summed E-state index contributed by atoms with van der Waals surface area (Å²) >= 11 is 0. The van der Waals surface area contributed by atoms with E-state index in [-0.39, 0.29) is 5.97 Å². The molecule has 1 saturated heterocycles. The highest BCUT2D eigenvalue weighted by atomic mass is 16.5. The third kappa shape index (κ3) is 4.32. The molecule has 1 aliphatic heterocycles. The molecule has 1 heterocycles. The molecular weight excluding hydrogens is 252 g/mol. The van der Waals surface area contributed by atoms with Crippen molar-refractivity contribution in [1.82, 2.24) is 9.80 Å². The number of carbonyl (C=O) groups excluding carboxylic acids is 1. The van der Waals surface area contributed by atoms with Gasteiger partial charge in [-0.25, -0.2) is 0 Å². The highest BCUT2D eigenvalue weighted by Crippen LogP contribution is 2.14. The molecule has 0 atom stereocenters. The Morgan fingerprint density at radius 3 is 2.65 bits per heavy atom. The molecule has 4 nitrogen and oxygen atoms in total. The fourth-order valence-corrected chi connectivity index (χ4v) is 2.61.